The van der Waals surface area contributed by atoms with E-state index in [1.807, 2.05) is 7.05 Å². The Bertz CT molecular complexity index is 894. The number of carbonyl (C=O) groups excluding carboxylic acids is 2. The van der Waals surface area contributed by atoms with E-state index in [-0.39, 0.29) is 11.8 Å². The fourth-order valence-corrected chi connectivity index (χ4v) is 3.20. The Morgan fingerprint density at radius 1 is 0.964 bits per heavy atom. The van der Waals surface area contributed by atoms with Gasteiger partial charge in [-0.3, -0.25) is 14.6 Å². The van der Waals surface area contributed by atoms with Crippen molar-refractivity contribution in [1.82, 2.24) is 14.8 Å². The molecule has 1 saturated heterocycles. The molecule has 8 heteroatoms. The van der Waals surface area contributed by atoms with Gasteiger partial charge in [0, 0.05) is 50.3 Å². The third-order valence-electron chi connectivity index (χ3n) is 4.84. The van der Waals surface area contributed by atoms with Crippen molar-refractivity contribution < 1.29 is 19.1 Å². The number of amides is 2. The van der Waals surface area contributed by atoms with Crippen molar-refractivity contribution in [2.24, 2.45) is 0 Å². The summed E-state index contributed by atoms with van der Waals surface area (Å²) < 4.78 is 11.0. The van der Waals surface area contributed by atoms with Crippen molar-refractivity contribution in [2.45, 2.75) is 0 Å². The van der Waals surface area contributed by atoms with E-state index in [9.17, 15) is 9.59 Å². The second-order valence-corrected chi connectivity index (χ2v) is 6.87. The number of anilines is 1. The van der Waals surface area contributed by atoms with Gasteiger partial charge in [0.05, 0.1) is 11.1 Å². The molecule has 0 aliphatic carbocycles. The van der Waals surface area contributed by atoms with Crippen molar-refractivity contribution in [1.29, 1.82) is 0 Å². The fraction of sp³-hybridized carbons (Fsp3) is 0.350. The van der Waals surface area contributed by atoms with Crippen LogP contribution in [-0.2, 0) is 0 Å². The van der Waals surface area contributed by atoms with Gasteiger partial charge in [0.1, 0.15) is 13.2 Å². The molecule has 3 heterocycles. The second kappa shape index (κ2) is 7.85. The number of aromatic nitrogens is 1. The van der Waals surface area contributed by atoms with Crippen LogP contribution in [0.15, 0.2) is 36.7 Å². The molecule has 28 heavy (non-hydrogen) atoms. The molecule has 0 atom stereocenters. The highest BCUT2D eigenvalue weighted by atomic mass is 16.6. The van der Waals surface area contributed by atoms with E-state index in [0.29, 0.717) is 54.6 Å². The Morgan fingerprint density at radius 3 is 2.46 bits per heavy atom. The lowest BCUT2D eigenvalue weighted by Gasteiger charge is -2.32. The molecule has 1 N–H and O–H groups in total. The van der Waals surface area contributed by atoms with Crippen molar-refractivity contribution >= 4 is 17.5 Å². The molecule has 4 rings (SSSR count). The van der Waals surface area contributed by atoms with Crippen LogP contribution in [0, 0.1) is 0 Å². The molecule has 0 unspecified atom stereocenters. The smallest absolute Gasteiger partial charge is 0.257 e. The largest absolute Gasteiger partial charge is 0.486 e. The zero-order valence-electron chi connectivity index (χ0n) is 15.7. The fourth-order valence-electron chi connectivity index (χ4n) is 3.20. The highest BCUT2D eigenvalue weighted by Gasteiger charge is 2.21. The Kier molecular flexibility index (Phi) is 5.12. The average Bonchev–Trinajstić information content (AvgIpc) is 2.74. The molecule has 146 valence electrons. The summed E-state index contributed by atoms with van der Waals surface area (Å²) in [5.74, 6) is 0.818. The summed E-state index contributed by atoms with van der Waals surface area (Å²) in [6.45, 7) is 4.00. The van der Waals surface area contributed by atoms with E-state index in [0.717, 1.165) is 13.1 Å². The van der Waals surface area contributed by atoms with Gasteiger partial charge in [-0.1, -0.05) is 0 Å². The Balaban J connectivity index is 1.46. The minimum atomic E-state index is -0.336. The van der Waals surface area contributed by atoms with E-state index in [4.69, 9.17) is 9.47 Å². The number of nitrogens with one attached hydrogen (secondary N) is 1. The molecule has 2 amide bonds. The molecule has 1 aromatic carbocycles. The summed E-state index contributed by atoms with van der Waals surface area (Å²) in [5, 5.41) is 2.81. The minimum Gasteiger partial charge on any atom is -0.486 e. The first kappa shape index (κ1) is 18.2. The minimum absolute atomic E-state index is 0.102. The third kappa shape index (κ3) is 3.91. The molecule has 2 aliphatic rings. The van der Waals surface area contributed by atoms with Gasteiger partial charge in [-0.15, -0.1) is 0 Å². The summed E-state index contributed by atoms with van der Waals surface area (Å²) in [6, 6.07) is 6.81. The first-order valence-corrected chi connectivity index (χ1v) is 9.24. The highest BCUT2D eigenvalue weighted by molar-refractivity contribution is 6.06. The van der Waals surface area contributed by atoms with Gasteiger partial charge < -0.3 is 24.6 Å². The summed E-state index contributed by atoms with van der Waals surface area (Å²) >= 11 is 0. The van der Waals surface area contributed by atoms with E-state index < -0.39 is 0 Å². The lowest BCUT2D eigenvalue weighted by Crippen LogP contribution is -2.47. The lowest BCUT2D eigenvalue weighted by atomic mass is 10.1. The number of nitrogens with zero attached hydrogens (tertiary/aromatic N) is 3. The number of pyridine rings is 1. The number of hydrogen-bond acceptors (Lipinski definition) is 6. The van der Waals surface area contributed by atoms with Crippen LogP contribution in [0.4, 0.5) is 5.69 Å². The van der Waals surface area contributed by atoms with Crippen LogP contribution >= 0.6 is 0 Å². The van der Waals surface area contributed by atoms with Crippen LogP contribution in [-0.4, -0.2) is 73.0 Å². The molecule has 0 bridgehead atoms. The predicted octanol–water partition coefficient (Wildman–Crippen LogP) is 1.49. The zero-order chi connectivity index (χ0) is 19.5. The normalized spacial score (nSPS) is 16.5. The number of rotatable bonds is 3. The topological polar surface area (TPSA) is 84.0 Å². The van der Waals surface area contributed by atoms with Crippen LogP contribution in [0.5, 0.6) is 11.5 Å². The Hall–Kier alpha value is -3.13. The average molecular weight is 382 g/mol. The monoisotopic (exact) mass is 382 g/mol. The number of piperazine rings is 1. The van der Waals surface area contributed by atoms with Crippen molar-refractivity contribution in [3.63, 3.8) is 0 Å². The van der Waals surface area contributed by atoms with Gasteiger partial charge in [0.15, 0.2) is 11.5 Å². The van der Waals surface area contributed by atoms with Crippen LogP contribution in [0.2, 0.25) is 0 Å². The molecule has 2 aliphatic heterocycles. The third-order valence-corrected chi connectivity index (χ3v) is 4.84. The molecule has 1 fully saturated rings. The Labute approximate surface area is 163 Å². The van der Waals surface area contributed by atoms with Gasteiger partial charge in [-0.05, 0) is 25.2 Å². The number of benzene rings is 1. The number of ether oxygens (including phenoxy) is 2. The quantitative estimate of drug-likeness (QED) is 0.866. The lowest BCUT2D eigenvalue weighted by molar-refractivity contribution is 0.0663. The molecule has 2 aromatic rings. The maximum absolute atomic E-state index is 12.7. The molecule has 0 spiro atoms. The summed E-state index contributed by atoms with van der Waals surface area (Å²) in [6.07, 6.45) is 2.95. The molecule has 8 nitrogen and oxygen atoms in total. The summed E-state index contributed by atoms with van der Waals surface area (Å²) in [5.41, 5.74) is 1.33. The second-order valence-electron chi connectivity index (χ2n) is 6.87. The van der Waals surface area contributed by atoms with Gasteiger partial charge >= 0.3 is 0 Å². The predicted molar refractivity (Wildman–Crippen MR) is 103 cm³/mol. The van der Waals surface area contributed by atoms with E-state index in [1.165, 1.54) is 12.4 Å². The highest BCUT2D eigenvalue weighted by Crippen LogP contribution is 2.32. The molecule has 0 radical (unpaired) electrons. The zero-order valence-corrected chi connectivity index (χ0v) is 15.7. The molecular weight excluding hydrogens is 360 g/mol. The number of fused-ring (bicyclic) bond motifs is 1. The Morgan fingerprint density at radius 2 is 1.68 bits per heavy atom. The maximum atomic E-state index is 12.7. The van der Waals surface area contributed by atoms with Crippen molar-refractivity contribution in [3.8, 4) is 11.5 Å². The van der Waals surface area contributed by atoms with Crippen LogP contribution < -0.4 is 14.8 Å². The van der Waals surface area contributed by atoms with E-state index in [2.05, 4.69) is 15.2 Å². The van der Waals surface area contributed by atoms with Crippen LogP contribution in [0.3, 0.4) is 0 Å². The maximum Gasteiger partial charge on any atom is 0.257 e. The first-order chi connectivity index (χ1) is 13.6. The van der Waals surface area contributed by atoms with Gasteiger partial charge in [-0.2, -0.15) is 0 Å². The number of carbonyl (C=O) groups is 2. The van der Waals surface area contributed by atoms with Gasteiger partial charge in [0.25, 0.3) is 11.8 Å². The number of hydrogen-bond donors (Lipinski definition) is 1. The van der Waals surface area contributed by atoms with Gasteiger partial charge in [-0.25, -0.2) is 0 Å². The first-order valence-electron chi connectivity index (χ1n) is 9.24. The standard InChI is InChI=1S/C20H22N4O4/c1-23-4-6-24(7-5-23)20(26)15-10-14(12-21-13-15)19(25)22-16-2-3-17-18(11-16)28-9-8-27-17/h2-3,10-13H,4-9H2,1H3,(H,22,25). The van der Waals surface area contributed by atoms with Crippen LogP contribution in [0.25, 0.3) is 0 Å². The molecule has 0 saturated carbocycles. The van der Waals surface area contributed by atoms with Crippen molar-refractivity contribution in [2.75, 3.05) is 51.8 Å². The molecule has 1 aromatic heterocycles. The van der Waals surface area contributed by atoms with E-state index >= 15 is 0 Å². The summed E-state index contributed by atoms with van der Waals surface area (Å²) in [4.78, 5) is 33.4. The number of likely N-dealkylation sites (N-methyl/N-ethyl adjacent to an activating group) is 1. The van der Waals surface area contributed by atoms with Gasteiger partial charge in [0.2, 0.25) is 0 Å². The SMILES string of the molecule is CN1CCN(C(=O)c2cncc(C(=O)Nc3ccc4c(c3)OCCO4)c2)CC1. The van der Waals surface area contributed by atoms with Crippen LogP contribution in [0.1, 0.15) is 20.7 Å². The summed E-state index contributed by atoms with van der Waals surface area (Å²) in [7, 11) is 2.03. The van der Waals surface area contributed by atoms with Crippen molar-refractivity contribution in [3.05, 3.63) is 47.8 Å². The molecular formula is C20H22N4O4. The van der Waals surface area contributed by atoms with E-state index in [1.54, 1.807) is 29.2 Å².